The lowest BCUT2D eigenvalue weighted by atomic mass is 10.2. The van der Waals surface area contributed by atoms with Crippen LogP contribution in [0.5, 0.6) is 0 Å². The number of hydrogen-bond acceptors (Lipinski definition) is 5. The lowest BCUT2D eigenvalue weighted by Gasteiger charge is -2.28. The van der Waals surface area contributed by atoms with Gasteiger partial charge in [-0.1, -0.05) is 35.3 Å². The van der Waals surface area contributed by atoms with Crippen molar-refractivity contribution in [2.45, 2.75) is 0 Å². The van der Waals surface area contributed by atoms with Crippen LogP contribution < -0.4 is 4.90 Å². The van der Waals surface area contributed by atoms with Gasteiger partial charge in [0.1, 0.15) is 0 Å². The number of aromatic nitrogens is 3. The fourth-order valence-corrected chi connectivity index (χ4v) is 3.63. The van der Waals surface area contributed by atoms with Crippen molar-refractivity contribution < 1.29 is 4.74 Å². The molecule has 0 amide bonds. The first-order valence-corrected chi connectivity index (χ1v) is 9.88. The van der Waals surface area contributed by atoms with Crippen LogP contribution in [0.4, 0.5) is 5.69 Å². The van der Waals surface area contributed by atoms with Crippen molar-refractivity contribution in [3.8, 4) is 11.4 Å². The maximum atomic E-state index is 6.30. The number of aromatic amines is 1. The van der Waals surface area contributed by atoms with Crippen LogP contribution in [0.2, 0.25) is 10.0 Å². The molecule has 1 aliphatic rings. The number of anilines is 1. The van der Waals surface area contributed by atoms with E-state index < -0.39 is 0 Å². The highest BCUT2D eigenvalue weighted by Crippen LogP contribution is 2.29. The number of ether oxygens (including phenoxy) is 1. The molecule has 28 heavy (non-hydrogen) atoms. The molecule has 6 nitrogen and oxygen atoms in total. The quantitative estimate of drug-likeness (QED) is 0.481. The third kappa shape index (κ3) is 4.12. The Hall–Kier alpha value is -2.19. The molecule has 0 unspecified atom stereocenters. The molecule has 0 saturated carbocycles. The average molecular weight is 434 g/mol. The fourth-order valence-electron chi connectivity index (χ4n) is 2.96. The summed E-state index contributed by atoms with van der Waals surface area (Å²) in [6, 6.07) is 13.4. The van der Waals surface area contributed by atoms with E-state index in [1.807, 2.05) is 12.1 Å². The normalized spacial score (nSPS) is 14.7. The van der Waals surface area contributed by atoms with Gasteiger partial charge in [-0.3, -0.25) is 0 Å². The molecular formula is C19H17Cl2N5OS. The van der Waals surface area contributed by atoms with Gasteiger partial charge in [0.05, 0.1) is 24.5 Å². The number of rotatable bonds is 4. The van der Waals surface area contributed by atoms with Crippen molar-refractivity contribution in [2.75, 3.05) is 31.2 Å². The van der Waals surface area contributed by atoms with Crippen LogP contribution in [0.25, 0.3) is 11.4 Å². The molecule has 0 aliphatic carbocycles. The molecule has 1 aromatic heterocycles. The minimum absolute atomic E-state index is 0.377. The van der Waals surface area contributed by atoms with Crippen molar-refractivity contribution in [1.82, 2.24) is 14.9 Å². The summed E-state index contributed by atoms with van der Waals surface area (Å²) in [5.41, 5.74) is 2.82. The number of H-pyrrole nitrogens is 1. The monoisotopic (exact) mass is 433 g/mol. The largest absolute Gasteiger partial charge is 0.378 e. The lowest BCUT2D eigenvalue weighted by molar-refractivity contribution is 0.122. The van der Waals surface area contributed by atoms with Crippen LogP contribution in [0, 0.1) is 4.77 Å². The second-order valence-corrected chi connectivity index (χ2v) is 7.45. The van der Waals surface area contributed by atoms with E-state index in [0.29, 0.717) is 26.2 Å². The number of nitrogens with zero attached hydrogens (tertiary/aromatic N) is 4. The molecule has 3 aromatic rings. The smallest absolute Gasteiger partial charge is 0.216 e. The molecule has 0 radical (unpaired) electrons. The van der Waals surface area contributed by atoms with Crippen molar-refractivity contribution in [3.05, 3.63) is 62.8 Å². The van der Waals surface area contributed by atoms with E-state index in [1.54, 1.807) is 29.1 Å². The lowest BCUT2D eigenvalue weighted by Crippen LogP contribution is -2.36. The van der Waals surface area contributed by atoms with Crippen molar-refractivity contribution in [3.63, 3.8) is 0 Å². The van der Waals surface area contributed by atoms with Gasteiger partial charge in [0, 0.05) is 29.4 Å². The van der Waals surface area contributed by atoms with Gasteiger partial charge in [0.2, 0.25) is 4.77 Å². The summed E-state index contributed by atoms with van der Waals surface area (Å²) < 4.78 is 7.32. The second kappa shape index (κ2) is 8.45. The molecule has 1 aliphatic heterocycles. The average Bonchev–Trinajstić information content (AvgIpc) is 3.08. The van der Waals surface area contributed by atoms with Gasteiger partial charge in [-0.25, -0.2) is 5.10 Å². The number of halogens is 2. The Morgan fingerprint density at radius 3 is 2.57 bits per heavy atom. The third-order valence-corrected chi connectivity index (χ3v) is 5.23. The minimum Gasteiger partial charge on any atom is -0.378 e. The highest BCUT2D eigenvalue weighted by Gasteiger charge is 2.13. The number of morpholine rings is 1. The zero-order chi connectivity index (χ0) is 19.5. The number of nitrogens with one attached hydrogen (secondary N) is 1. The van der Waals surface area contributed by atoms with Crippen molar-refractivity contribution in [1.29, 1.82) is 0 Å². The Morgan fingerprint density at radius 2 is 1.86 bits per heavy atom. The molecule has 0 atom stereocenters. The van der Waals surface area contributed by atoms with E-state index in [1.165, 1.54) is 5.69 Å². The van der Waals surface area contributed by atoms with Crippen LogP contribution in [-0.4, -0.2) is 47.4 Å². The summed E-state index contributed by atoms with van der Waals surface area (Å²) in [6.45, 7) is 3.33. The fraction of sp³-hybridized carbons (Fsp3) is 0.211. The first kappa shape index (κ1) is 19.1. The molecule has 144 valence electrons. The molecular weight excluding hydrogens is 417 g/mol. The summed E-state index contributed by atoms with van der Waals surface area (Å²) >= 11 is 17.6. The Balaban J connectivity index is 1.58. The van der Waals surface area contributed by atoms with Crippen LogP contribution in [-0.2, 0) is 4.74 Å². The first-order chi connectivity index (χ1) is 13.6. The van der Waals surface area contributed by atoms with Gasteiger partial charge >= 0.3 is 0 Å². The molecule has 1 fully saturated rings. The highest BCUT2D eigenvalue weighted by molar-refractivity contribution is 7.71. The Kier molecular flexibility index (Phi) is 5.77. The second-order valence-electron chi connectivity index (χ2n) is 6.22. The van der Waals surface area contributed by atoms with Gasteiger partial charge in [0.15, 0.2) is 5.82 Å². The first-order valence-electron chi connectivity index (χ1n) is 8.72. The van der Waals surface area contributed by atoms with Crippen molar-refractivity contribution in [2.24, 2.45) is 5.10 Å². The third-order valence-electron chi connectivity index (χ3n) is 4.41. The Morgan fingerprint density at radius 1 is 1.11 bits per heavy atom. The number of hydrogen-bond donors (Lipinski definition) is 1. The van der Waals surface area contributed by atoms with Gasteiger partial charge in [-0.15, -0.1) is 0 Å². The summed E-state index contributed by atoms with van der Waals surface area (Å²) in [5.74, 6) is 0.521. The topological polar surface area (TPSA) is 58.4 Å². The molecule has 0 bridgehead atoms. The summed E-state index contributed by atoms with van der Waals surface area (Å²) in [7, 11) is 0. The molecule has 0 spiro atoms. The molecule has 9 heteroatoms. The van der Waals surface area contributed by atoms with Gasteiger partial charge < -0.3 is 9.64 Å². The van der Waals surface area contributed by atoms with Crippen LogP contribution >= 0.6 is 35.4 Å². The maximum Gasteiger partial charge on any atom is 0.216 e. The summed E-state index contributed by atoms with van der Waals surface area (Å²) in [4.78, 5) is 2.30. The van der Waals surface area contributed by atoms with Crippen LogP contribution in [0.15, 0.2) is 47.6 Å². The minimum atomic E-state index is 0.377. The predicted molar refractivity (Wildman–Crippen MR) is 115 cm³/mol. The van der Waals surface area contributed by atoms with Gasteiger partial charge in [-0.2, -0.15) is 14.9 Å². The molecule has 4 rings (SSSR count). The van der Waals surface area contributed by atoms with E-state index in [0.717, 1.165) is 31.9 Å². The SMILES string of the molecule is S=c1[nH]nc(-c2ccc(Cl)cc2Cl)n1/N=C/c1ccc(N2CCOCC2)cc1. The molecule has 2 heterocycles. The highest BCUT2D eigenvalue weighted by atomic mass is 35.5. The van der Waals surface area contributed by atoms with E-state index in [-0.39, 0.29) is 0 Å². The Labute approximate surface area is 177 Å². The van der Waals surface area contributed by atoms with Crippen LogP contribution in [0.1, 0.15) is 5.56 Å². The van der Waals surface area contributed by atoms with Crippen LogP contribution in [0.3, 0.4) is 0 Å². The number of benzene rings is 2. The zero-order valence-corrected chi connectivity index (χ0v) is 17.1. The summed E-state index contributed by atoms with van der Waals surface area (Å²) in [6.07, 6.45) is 1.74. The predicted octanol–water partition coefficient (Wildman–Crippen LogP) is 4.63. The zero-order valence-electron chi connectivity index (χ0n) is 14.8. The molecule has 1 saturated heterocycles. The standard InChI is InChI=1S/C19H17Cl2N5OS/c20-14-3-6-16(17(21)11-14)18-23-24-19(28)26(18)22-12-13-1-4-15(5-2-13)25-7-9-27-10-8-25/h1-6,11-12H,7-10H2,(H,24,28)/b22-12+. The van der Waals surface area contributed by atoms with E-state index in [4.69, 9.17) is 40.2 Å². The van der Waals surface area contributed by atoms with Gasteiger partial charge in [0.25, 0.3) is 0 Å². The summed E-state index contributed by atoms with van der Waals surface area (Å²) in [5, 5.41) is 12.5. The molecule has 1 N–H and O–H groups in total. The van der Waals surface area contributed by atoms with Gasteiger partial charge in [-0.05, 0) is 48.1 Å². The van der Waals surface area contributed by atoms with E-state index in [2.05, 4.69) is 32.3 Å². The van der Waals surface area contributed by atoms with E-state index >= 15 is 0 Å². The maximum absolute atomic E-state index is 6.30. The molecule has 2 aromatic carbocycles. The van der Waals surface area contributed by atoms with Crippen molar-refractivity contribution >= 4 is 47.3 Å². The Bertz CT molecular complexity index is 1050. The van der Waals surface area contributed by atoms with E-state index in [9.17, 15) is 0 Å².